The van der Waals surface area contributed by atoms with Crippen LogP contribution in [0.4, 0.5) is 4.79 Å². The molecule has 0 N–H and O–H groups in total. The van der Waals surface area contributed by atoms with E-state index in [0.717, 1.165) is 31.6 Å². The minimum atomic E-state index is -0.799. The van der Waals surface area contributed by atoms with E-state index >= 15 is 0 Å². The molecule has 9 heteroatoms. The molecule has 0 saturated carbocycles. The highest BCUT2D eigenvalue weighted by atomic mass is 16.5. The summed E-state index contributed by atoms with van der Waals surface area (Å²) in [5.41, 5.74) is 0.0710. The van der Waals surface area contributed by atoms with Crippen molar-refractivity contribution in [2.45, 2.75) is 50.9 Å². The van der Waals surface area contributed by atoms with Crippen LogP contribution in [0.3, 0.4) is 0 Å². The molecule has 0 aliphatic carbocycles. The van der Waals surface area contributed by atoms with Gasteiger partial charge in [-0.2, -0.15) is 5.10 Å². The van der Waals surface area contributed by atoms with Crippen LogP contribution in [0.1, 0.15) is 31.7 Å². The average Bonchev–Trinajstić information content (AvgIpc) is 3.45. The van der Waals surface area contributed by atoms with Crippen molar-refractivity contribution in [1.82, 2.24) is 24.5 Å². The monoisotopic (exact) mass is 469 g/mol. The number of piperidine rings is 1. The standard InChI is InChI=1S/C25H35N5O4/c1-20(8-13-28-12-5-11-26-28)27-14-9-25(10-15-27)23(31)29(24(32)30(25)16-17-33-2)19-21-6-4-7-22(18-21)34-3/h4-7,11-12,18,20H,8-10,13-17,19H2,1-3H3/t20-/m0/s1. The molecular weight excluding hydrogens is 434 g/mol. The second kappa shape index (κ2) is 10.6. The Bertz CT molecular complexity index is 971. The van der Waals surface area contributed by atoms with E-state index in [4.69, 9.17) is 9.47 Å². The molecule has 1 spiro atoms. The second-order valence-electron chi connectivity index (χ2n) is 9.14. The summed E-state index contributed by atoms with van der Waals surface area (Å²) in [6.07, 6.45) is 6.01. The van der Waals surface area contributed by atoms with Gasteiger partial charge < -0.3 is 19.3 Å². The first-order chi connectivity index (χ1) is 16.5. The summed E-state index contributed by atoms with van der Waals surface area (Å²) in [5.74, 6) is 0.611. The summed E-state index contributed by atoms with van der Waals surface area (Å²) >= 11 is 0. The van der Waals surface area contributed by atoms with Gasteiger partial charge in [-0.15, -0.1) is 0 Å². The number of aromatic nitrogens is 2. The number of hydrogen-bond acceptors (Lipinski definition) is 6. The lowest BCUT2D eigenvalue weighted by Crippen LogP contribution is -2.58. The van der Waals surface area contributed by atoms with Gasteiger partial charge in [0, 0.05) is 51.7 Å². The Balaban J connectivity index is 1.46. The third-order valence-electron chi connectivity index (χ3n) is 7.20. The fraction of sp³-hybridized carbons (Fsp3) is 0.560. The van der Waals surface area contributed by atoms with Gasteiger partial charge in [0.15, 0.2) is 0 Å². The van der Waals surface area contributed by atoms with E-state index in [0.29, 0.717) is 37.8 Å². The van der Waals surface area contributed by atoms with Gasteiger partial charge in [-0.05, 0) is 49.9 Å². The lowest BCUT2D eigenvalue weighted by molar-refractivity contribution is -0.136. The van der Waals surface area contributed by atoms with E-state index in [2.05, 4.69) is 16.9 Å². The molecule has 184 valence electrons. The van der Waals surface area contributed by atoms with Gasteiger partial charge in [0.05, 0.1) is 20.3 Å². The molecular formula is C25H35N5O4. The maximum Gasteiger partial charge on any atom is 0.328 e. The van der Waals surface area contributed by atoms with Crippen molar-refractivity contribution in [3.8, 4) is 5.75 Å². The zero-order chi connectivity index (χ0) is 24.1. The number of methoxy groups -OCH3 is 2. The van der Waals surface area contributed by atoms with Crippen LogP contribution >= 0.6 is 0 Å². The van der Waals surface area contributed by atoms with Gasteiger partial charge in [-0.25, -0.2) is 4.79 Å². The Hall–Kier alpha value is -2.91. The van der Waals surface area contributed by atoms with E-state index in [1.54, 1.807) is 25.3 Å². The van der Waals surface area contributed by atoms with Gasteiger partial charge in [-0.3, -0.25) is 14.4 Å². The second-order valence-corrected chi connectivity index (χ2v) is 9.14. The minimum Gasteiger partial charge on any atom is -0.497 e. The largest absolute Gasteiger partial charge is 0.497 e. The first-order valence-electron chi connectivity index (χ1n) is 12.0. The van der Waals surface area contributed by atoms with Crippen LogP contribution in [-0.2, 0) is 22.6 Å². The van der Waals surface area contributed by atoms with Crippen molar-refractivity contribution in [1.29, 1.82) is 0 Å². The highest BCUT2D eigenvalue weighted by Gasteiger charge is 2.57. The molecule has 2 aliphatic rings. The van der Waals surface area contributed by atoms with Crippen LogP contribution in [0.5, 0.6) is 5.75 Å². The fourth-order valence-corrected chi connectivity index (χ4v) is 5.12. The molecule has 2 aliphatic heterocycles. The lowest BCUT2D eigenvalue weighted by Gasteiger charge is -2.44. The number of imide groups is 1. The maximum atomic E-state index is 13.7. The zero-order valence-electron chi connectivity index (χ0n) is 20.4. The average molecular weight is 470 g/mol. The Labute approximate surface area is 201 Å². The van der Waals surface area contributed by atoms with E-state index in [1.165, 1.54) is 4.90 Å². The third-order valence-corrected chi connectivity index (χ3v) is 7.20. The van der Waals surface area contributed by atoms with Gasteiger partial charge in [0.1, 0.15) is 11.3 Å². The Morgan fingerprint density at radius 3 is 2.59 bits per heavy atom. The fourth-order valence-electron chi connectivity index (χ4n) is 5.12. The number of aryl methyl sites for hydroxylation is 1. The lowest BCUT2D eigenvalue weighted by atomic mass is 9.85. The molecule has 0 unspecified atom stereocenters. The van der Waals surface area contributed by atoms with Crippen LogP contribution < -0.4 is 4.74 Å². The normalized spacial score (nSPS) is 19.3. The number of benzene rings is 1. The molecule has 1 atom stereocenters. The number of amides is 3. The molecule has 2 aromatic rings. The topological polar surface area (TPSA) is 80.1 Å². The van der Waals surface area contributed by atoms with Crippen LogP contribution in [0.25, 0.3) is 0 Å². The van der Waals surface area contributed by atoms with E-state index < -0.39 is 5.54 Å². The minimum absolute atomic E-state index is 0.0970. The molecule has 34 heavy (non-hydrogen) atoms. The molecule has 1 aromatic heterocycles. The van der Waals surface area contributed by atoms with Gasteiger partial charge >= 0.3 is 6.03 Å². The summed E-state index contributed by atoms with van der Waals surface area (Å²) in [6, 6.07) is 9.59. The number of nitrogens with zero attached hydrogens (tertiary/aromatic N) is 5. The third kappa shape index (κ3) is 4.81. The molecule has 1 aromatic carbocycles. The van der Waals surface area contributed by atoms with Crippen molar-refractivity contribution >= 4 is 11.9 Å². The van der Waals surface area contributed by atoms with Crippen LogP contribution in [0.2, 0.25) is 0 Å². The highest BCUT2D eigenvalue weighted by molar-refractivity contribution is 6.07. The van der Waals surface area contributed by atoms with Crippen LogP contribution in [0.15, 0.2) is 42.7 Å². The maximum absolute atomic E-state index is 13.7. The van der Waals surface area contributed by atoms with Crippen molar-refractivity contribution in [3.63, 3.8) is 0 Å². The molecule has 4 rings (SSSR count). The molecule has 3 heterocycles. The van der Waals surface area contributed by atoms with Crippen molar-refractivity contribution in [2.24, 2.45) is 0 Å². The number of ether oxygens (including phenoxy) is 2. The van der Waals surface area contributed by atoms with Crippen LogP contribution in [-0.4, -0.2) is 88.5 Å². The van der Waals surface area contributed by atoms with Crippen molar-refractivity contribution < 1.29 is 19.1 Å². The predicted octanol–water partition coefficient (Wildman–Crippen LogP) is 2.62. The number of likely N-dealkylation sites (tertiary alicyclic amines) is 1. The molecule has 3 amide bonds. The molecule has 9 nitrogen and oxygen atoms in total. The smallest absolute Gasteiger partial charge is 0.328 e. The number of urea groups is 1. The quantitative estimate of drug-likeness (QED) is 0.498. The number of carbonyl (C=O) groups is 2. The van der Waals surface area contributed by atoms with E-state index in [9.17, 15) is 9.59 Å². The molecule has 0 radical (unpaired) electrons. The molecule has 0 bridgehead atoms. The Kier molecular flexibility index (Phi) is 7.53. The summed E-state index contributed by atoms with van der Waals surface area (Å²) in [5, 5.41) is 4.29. The SMILES string of the molecule is COCCN1C(=O)N(Cc2cccc(OC)c2)C(=O)C12CCN([C@@H](C)CCn1cccn1)CC2. The van der Waals surface area contributed by atoms with E-state index in [1.807, 2.05) is 41.2 Å². The van der Waals surface area contributed by atoms with Gasteiger partial charge in [0.2, 0.25) is 0 Å². The molecule has 2 saturated heterocycles. The Morgan fingerprint density at radius 2 is 1.91 bits per heavy atom. The highest BCUT2D eigenvalue weighted by Crippen LogP contribution is 2.38. The summed E-state index contributed by atoms with van der Waals surface area (Å²) in [4.78, 5) is 32.7. The van der Waals surface area contributed by atoms with Crippen molar-refractivity contribution in [3.05, 3.63) is 48.3 Å². The van der Waals surface area contributed by atoms with Gasteiger partial charge in [-0.1, -0.05) is 12.1 Å². The zero-order valence-corrected chi connectivity index (χ0v) is 20.4. The first kappa shape index (κ1) is 24.2. The molecule has 2 fully saturated rings. The Morgan fingerprint density at radius 1 is 1.12 bits per heavy atom. The summed E-state index contributed by atoms with van der Waals surface area (Å²) < 4.78 is 12.5. The van der Waals surface area contributed by atoms with E-state index in [-0.39, 0.29) is 18.5 Å². The van der Waals surface area contributed by atoms with Gasteiger partial charge in [0.25, 0.3) is 5.91 Å². The van der Waals surface area contributed by atoms with Crippen molar-refractivity contribution in [2.75, 3.05) is 40.5 Å². The predicted molar refractivity (Wildman–Crippen MR) is 127 cm³/mol. The first-order valence-corrected chi connectivity index (χ1v) is 12.0. The summed E-state index contributed by atoms with van der Waals surface area (Å²) in [6.45, 7) is 5.68. The number of hydrogen-bond donors (Lipinski definition) is 0. The summed E-state index contributed by atoms with van der Waals surface area (Å²) in [7, 11) is 3.23. The number of carbonyl (C=O) groups excluding carboxylic acids is 2. The van der Waals surface area contributed by atoms with Crippen LogP contribution in [0, 0.1) is 0 Å². The number of rotatable bonds is 10.